The smallest absolute Gasteiger partial charge is 0.152 e. The zero-order valence-corrected chi connectivity index (χ0v) is 8.60. The lowest BCUT2D eigenvalue weighted by molar-refractivity contribution is 0.635. The van der Waals surface area contributed by atoms with Crippen LogP contribution in [0.25, 0.3) is 11.0 Å². The van der Waals surface area contributed by atoms with Gasteiger partial charge in [0.1, 0.15) is 10.7 Å². The van der Waals surface area contributed by atoms with E-state index in [1.165, 1.54) is 12.3 Å². The zero-order valence-electron chi connectivity index (χ0n) is 6.26. The van der Waals surface area contributed by atoms with Crippen molar-refractivity contribution in [1.82, 2.24) is 9.97 Å². The lowest BCUT2D eigenvalue weighted by Crippen LogP contribution is -1.88. The molecule has 1 aromatic heterocycles. The zero-order chi connectivity index (χ0) is 9.42. The maximum Gasteiger partial charge on any atom is 0.152 e. The Balaban J connectivity index is 2.87. The summed E-state index contributed by atoms with van der Waals surface area (Å²) >= 11 is 8.74. The van der Waals surface area contributed by atoms with Gasteiger partial charge in [-0.25, -0.2) is 9.37 Å². The molecule has 2 rings (SSSR count). The van der Waals surface area contributed by atoms with E-state index in [-0.39, 0.29) is 10.7 Å². The molecule has 0 fully saturated rings. The lowest BCUT2D eigenvalue weighted by Gasteiger charge is -1.98. The molecule has 0 saturated carbocycles. The molecule has 0 saturated heterocycles. The first-order valence-electron chi connectivity index (χ1n) is 3.44. The van der Waals surface area contributed by atoms with E-state index >= 15 is 0 Å². The van der Waals surface area contributed by atoms with Crippen molar-refractivity contribution in [3.05, 3.63) is 33.8 Å². The third kappa shape index (κ3) is 1.64. The first-order chi connectivity index (χ1) is 6.16. The Morgan fingerprint density at radius 3 is 2.92 bits per heavy atom. The molecule has 0 aliphatic carbocycles. The molecule has 2 nitrogen and oxygen atoms in total. The summed E-state index contributed by atoms with van der Waals surface area (Å²) in [5, 5.41) is 0.189. The third-order valence-electron chi connectivity index (χ3n) is 1.54. The molecule has 0 spiro atoms. The van der Waals surface area contributed by atoms with Gasteiger partial charge in [-0.2, -0.15) is 0 Å². The monoisotopic (exact) mass is 260 g/mol. The fraction of sp³-hybridized carbons (Fsp3) is 0. The molecule has 5 heteroatoms. The van der Waals surface area contributed by atoms with Gasteiger partial charge in [0.2, 0.25) is 0 Å². The summed E-state index contributed by atoms with van der Waals surface area (Å²) < 4.78 is 13.9. The predicted molar refractivity (Wildman–Crippen MR) is 52.2 cm³/mol. The highest BCUT2D eigenvalue weighted by atomic mass is 79.9. The van der Waals surface area contributed by atoms with E-state index in [2.05, 4.69) is 25.9 Å². The molecular weight excluding hydrogens is 258 g/mol. The molecule has 0 bridgehead atoms. The molecule has 0 radical (unpaired) electrons. The van der Waals surface area contributed by atoms with Gasteiger partial charge in [-0.15, -0.1) is 0 Å². The largest absolute Gasteiger partial charge is 0.251 e. The Bertz CT molecular complexity index is 475. The summed E-state index contributed by atoms with van der Waals surface area (Å²) in [5.41, 5.74) is 0.673. The number of hydrogen-bond acceptors (Lipinski definition) is 2. The molecule has 2 aromatic rings. The van der Waals surface area contributed by atoms with E-state index < -0.39 is 5.82 Å². The second kappa shape index (κ2) is 3.20. The van der Waals surface area contributed by atoms with Gasteiger partial charge in [0.25, 0.3) is 0 Å². The molecule has 0 aliphatic rings. The first-order valence-corrected chi connectivity index (χ1v) is 4.61. The lowest BCUT2D eigenvalue weighted by atomic mass is 10.3. The van der Waals surface area contributed by atoms with Crippen LogP contribution in [0.2, 0.25) is 5.15 Å². The van der Waals surface area contributed by atoms with Gasteiger partial charge < -0.3 is 0 Å². The Hall–Kier alpha value is -0.740. The highest BCUT2D eigenvalue weighted by molar-refractivity contribution is 9.10. The van der Waals surface area contributed by atoms with E-state index in [1.807, 2.05) is 0 Å². The Morgan fingerprint density at radius 1 is 1.38 bits per heavy atom. The Labute approximate surface area is 86.9 Å². The van der Waals surface area contributed by atoms with Crippen LogP contribution >= 0.6 is 27.5 Å². The molecule has 66 valence electrons. The number of aromatic nitrogens is 2. The van der Waals surface area contributed by atoms with Crippen molar-refractivity contribution in [2.75, 3.05) is 0 Å². The van der Waals surface area contributed by atoms with E-state index in [1.54, 1.807) is 6.07 Å². The SMILES string of the molecule is Fc1cc(Br)cc2ncc(Cl)nc12. The number of fused-ring (bicyclic) bond motifs is 1. The van der Waals surface area contributed by atoms with Gasteiger partial charge in [0, 0.05) is 4.47 Å². The minimum Gasteiger partial charge on any atom is -0.251 e. The summed E-state index contributed by atoms with van der Waals surface area (Å²) in [5.74, 6) is -0.431. The van der Waals surface area contributed by atoms with Crippen LogP contribution in [0.5, 0.6) is 0 Å². The molecule has 13 heavy (non-hydrogen) atoms. The number of hydrogen-bond donors (Lipinski definition) is 0. The summed E-state index contributed by atoms with van der Waals surface area (Å²) in [6.45, 7) is 0. The van der Waals surface area contributed by atoms with Crippen LogP contribution in [0.4, 0.5) is 4.39 Å². The average Bonchev–Trinajstić information content (AvgIpc) is 2.06. The van der Waals surface area contributed by atoms with Crippen molar-refractivity contribution in [2.24, 2.45) is 0 Å². The second-order valence-corrected chi connectivity index (χ2v) is 3.75. The number of halogens is 3. The first kappa shape index (κ1) is 8.84. The van der Waals surface area contributed by atoms with Gasteiger partial charge >= 0.3 is 0 Å². The van der Waals surface area contributed by atoms with Crippen molar-refractivity contribution < 1.29 is 4.39 Å². The van der Waals surface area contributed by atoms with Crippen molar-refractivity contribution in [3.63, 3.8) is 0 Å². The molecule has 0 aliphatic heterocycles. The maximum absolute atomic E-state index is 13.2. The standard InChI is InChI=1S/C8H3BrClFN2/c9-4-1-5(11)8-6(2-4)12-3-7(10)13-8/h1-3H. The fourth-order valence-corrected chi connectivity index (χ4v) is 1.57. The quantitative estimate of drug-likeness (QED) is 0.728. The van der Waals surface area contributed by atoms with E-state index in [4.69, 9.17) is 11.6 Å². The van der Waals surface area contributed by atoms with Gasteiger partial charge in [-0.05, 0) is 12.1 Å². The van der Waals surface area contributed by atoms with Crippen LogP contribution in [0, 0.1) is 5.82 Å². The van der Waals surface area contributed by atoms with E-state index in [9.17, 15) is 4.39 Å². The summed E-state index contributed by atoms with van der Waals surface area (Å²) in [6.07, 6.45) is 1.38. The van der Waals surface area contributed by atoms with Gasteiger partial charge in [-0.1, -0.05) is 27.5 Å². The van der Waals surface area contributed by atoms with Crippen molar-refractivity contribution >= 4 is 38.6 Å². The van der Waals surface area contributed by atoms with Crippen molar-refractivity contribution in [3.8, 4) is 0 Å². The van der Waals surface area contributed by atoms with Gasteiger partial charge in [0.15, 0.2) is 5.82 Å². The molecular formula is C8H3BrClFN2. The molecule has 1 heterocycles. The van der Waals surface area contributed by atoms with Crippen molar-refractivity contribution in [1.29, 1.82) is 0 Å². The minimum absolute atomic E-state index is 0.189. The third-order valence-corrected chi connectivity index (χ3v) is 2.18. The highest BCUT2D eigenvalue weighted by Gasteiger charge is 2.05. The summed E-state index contributed by atoms with van der Waals surface area (Å²) in [4.78, 5) is 7.76. The average molecular weight is 261 g/mol. The van der Waals surface area contributed by atoms with Crippen LogP contribution in [-0.2, 0) is 0 Å². The minimum atomic E-state index is -0.431. The van der Waals surface area contributed by atoms with Crippen LogP contribution < -0.4 is 0 Å². The molecule has 0 unspecified atom stereocenters. The highest BCUT2D eigenvalue weighted by Crippen LogP contribution is 2.21. The van der Waals surface area contributed by atoms with Gasteiger partial charge in [0.05, 0.1) is 11.7 Å². The normalized spacial score (nSPS) is 10.7. The molecule has 0 amide bonds. The fourth-order valence-electron chi connectivity index (χ4n) is 1.02. The Kier molecular flexibility index (Phi) is 2.17. The summed E-state index contributed by atoms with van der Waals surface area (Å²) in [7, 11) is 0. The van der Waals surface area contributed by atoms with Gasteiger partial charge in [-0.3, -0.25) is 4.98 Å². The van der Waals surface area contributed by atoms with Crippen LogP contribution in [0.15, 0.2) is 22.8 Å². The van der Waals surface area contributed by atoms with E-state index in [0.29, 0.717) is 9.99 Å². The Morgan fingerprint density at radius 2 is 2.15 bits per heavy atom. The number of benzene rings is 1. The molecule has 0 N–H and O–H groups in total. The summed E-state index contributed by atoms with van der Waals surface area (Å²) in [6, 6.07) is 3.01. The second-order valence-electron chi connectivity index (χ2n) is 2.45. The number of nitrogens with zero attached hydrogens (tertiary/aromatic N) is 2. The van der Waals surface area contributed by atoms with Crippen molar-refractivity contribution in [2.45, 2.75) is 0 Å². The topological polar surface area (TPSA) is 25.8 Å². The molecule has 0 atom stereocenters. The van der Waals surface area contributed by atoms with Crippen LogP contribution in [0.1, 0.15) is 0 Å². The van der Waals surface area contributed by atoms with Crippen LogP contribution in [0.3, 0.4) is 0 Å². The van der Waals surface area contributed by atoms with Crippen LogP contribution in [-0.4, -0.2) is 9.97 Å². The number of rotatable bonds is 0. The maximum atomic E-state index is 13.2. The molecule has 1 aromatic carbocycles. The van der Waals surface area contributed by atoms with E-state index in [0.717, 1.165) is 0 Å². The predicted octanol–water partition coefficient (Wildman–Crippen LogP) is 3.18.